The molecule has 0 aromatic carbocycles. The van der Waals surface area contributed by atoms with Crippen molar-refractivity contribution in [2.75, 3.05) is 13.3 Å². The molecule has 2 aromatic heterocycles. The summed E-state index contributed by atoms with van der Waals surface area (Å²) in [6.07, 6.45) is 8.07. The first-order valence-corrected chi connectivity index (χ1v) is 9.84. The molecule has 0 atom stereocenters. The Labute approximate surface area is 142 Å². The summed E-state index contributed by atoms with van der Waals surface area (Å²) < 4.78 is 30.7. The minimum absolute atomic E-state index is 0.0701. The lowest BCUT2D eigenvalue weighted by atomic mass is 9.93. The van der Waals surface area contributed by atoms with Gasteiger partial charge in [-0.25, -0.2) is 12.7 Å². The van der Waals surface area contributed by atoms with Crippen LogP contribution in [0, 0.1) is 0 Å². The van der Waals surface area contributed by atoms with Gasteiger partial charge >= 0.3 is 0 Å². The van der Waals surface area contributed by atoms with Crippen molar-refractivity contribution in [1.29, 1.82) is 0 Å². The van der Waals surface area contributed by atoms with Gasteiger partial charge in [0.1, 0.15) is 5.75 Å². The van der Waals surface area contributed by atoms with Crippen LogP contribution in [-0.4, -0.2) is 53.4 Å². The molecule has 1 aliphatic carbocycles. The number of nitrogens with one attached hydrogen (secondary N) is 1. The third-order valence-electron chi connectivity index (χ3n) is 4.50. The maximum Gasteiger partial charge on any atom is 0.211 e. The molecule has 0 aliphatic heterocycles. The lowest BCUT2D eigenvalue weighted by Gasteiger charge is -2.33. The summed E-state index contributed by atoms with van der Waals surface area (Å²) in [6.45, 7) is 0. The first-order chi connectivity index (χ1) is 11.4. The third kappa shape index (κ3) is 3.93. The van der Waals surface area contributed by atoms with Crippen LogP contribution < -0.4 is 4.74 Å². The Balaban J connectivity index is 1.55. The van der Waals surface area contributed by atoms with E-state index in [1.165, 1.54) is 10.6 Å². The predicted octanol–water partition coefficient (Wildman–Crippen LogP) is 2.05. The van der Waals surface area contributed by atoms with Gasteiger partial charge in [0.25, 0.3) is 0 Å². The van der Waals surface area contributed by atoms with Crippen LogP contribution in [0.25, 0.3) is 11.4 Å². The number of pyridine rings is 1. The summed E-state index contributed by atoms with van der Waals surface area (Å²) in [5.41, 5.74) is 1.68. The lowest BCUT2D eigenvalue weighted by molar-refractivity contribution is 0.125. The van der Waals surface area contributed by atoms with Crippen molar-refractivity contribution in [2.24, 2.45) is 0 Å². The van der Waals surface area contributed by atoms with Gasteiger partial charge in [-0.2, -0.15) is 5.10 Å². The van der Waals surface area contributed by atoms with Crippen LogP contribution in [-0.2, 0) is 10.0 Å². The quantitative estimate of drug-likeness (QED) is 0.892. The van der Waals surface area contributed by atoms with Crippen LogP contribution in [0.5, 0.6) is 5.75 Å². The average molecular weight is 350 g/mol. The van der Waals surface area contributed by atoms with Crippen molar-refractivity contribution in [3.8, 4) is 17.1 Å². The van der Waals surface area contributed by atoms with E-state index in [0.29, 0.717) is 0 Å². The first-order valence-electron chi connectivity index (χ1n) is 7.99. The number of aromatic nitrogens is 3. The zero-order valence-corrected chi connectivity index (χ0v) is 14.7. The molecule has 0 spiro atoms. The van der Waals surface area contributed by atoms with Crippen LogP contribution >= 0.6 is 0 Å². The summed E-state index contributed by atoms with van der Waals surface area (Å²) in [5.74, 6) is 0.734. The highest BCUT2D eigenvalue weighted by molar-refractivity contribution is 7.88. The molecular formula is C16H22N4O3S. The highest BCUT2D eigenvalue weighted by atomic mass is 32.2. The molecule has 0 bridgehead atoms. The van der Waals surface area contributed by atoms with Crippen molar-refractivity contribution in [2.45, 2.75) is 37.8 Å². The summed E-state index contributed by atoms with van der Waals surface area (Å²) in [6, 6.07) is 5.73. The van der Waals surface area contributed by atoms with Crippen molar-refractivity contribution in [1.82, 2.24) is 19.5 Å². The fourth-order valence-electron chi connectivity index (χ4n) is 3.00. The van der Waals surface area contributed by atoms with Gasteiger partial charge in [0.05, 0.1) is 29.9 Å². The second-order valence-corrected chi connectivity index (χ2v) is 8.22. The van der Waals surface area contributed by atoms with E-state index in [4.69, 9.17) is 4.74 Å². The van der Waals surface area contributed by atoms with E-state index in [2.05, 4.69) is 15.2 Å². The first kappa shape index (κ1) is 16.9. The molecule has 3 rings (SSSR count). The molecule has 2 heterocycles. The Morgan fingerprint density at radius 3 is 2.50 bits per heavy atom. The smallest absolute Gasteiger partial charge is 0.211 e. The number of ether oxygens (including phenoxy) is 1. The van der Waals surface area contributed by atoms with Gasteiger partial charge in [0.15, 0.2) is 0 Å². The van der Waals surface area contributed by atoms with E-state index in [0.717, 1.165) is 42.8 Å². The summed E-state index contributed by atoms with van der Waals surface area (Å²) in [4.78, 5) is 4.38. The minimum atomic E-state index is -3.13. The molecule has 0 amide bonds. The standard InChI is InChI=1S/C16H22N4O3S/c1-20(24(2,21)22)12-3-5-13(6-4-12)23-14-7-8-15(17-11-14)16-9-10-18-19-16/h7-13H,3-6H2,1-2H3,(H,18,19). The zero-order chi connectivity index (χ0) is 17.2. The maximum absolute atomic E-state index is 11.6. The molecule has 1 saturated carbocycles. The van der Waals surface area contributed by atoms with Gasteiger partial charge < -0.3 is 4.74 Å². The topological polar surface area (TPSA) is 88.2 Å². The molecule has 8 heteroatoms. The van der Waals surface area contributed by atoms with Crippen LogP contribution in [0.1, 0.15) is 25.7 Å². The van der Waals surface area contributed by atoms with Crippen molar-refractivity contribution >= 4 is 10.0 Å². The third-order valence-corrected chi connectivity index (χ3v) is 5.84. The Hall–Kier alpha value is -1.93. The molecule has 2 aromatic rings. The largest absolute Gasteiger partial charge is 0.489 e. The fourth-order valence-corrected chi connectivity index (χ4v) is 3.75. The van der Waals surface area contributed by atoms with E-state index >= 15 is 0 Å². The number of hydrogen-bond donors (Lipinski definition) is 1. The Morgan fingerprint density at radius 1 is 1.21 bits per heavy atom. The molecule has 7 nitrogen and oxygen atoms in total. The molecular weight excluding hydrogens is 328 g/mol. The number of rotatable bonds is 5. The van der Waals surface area contributed by atoms with E-state index in [-0.39, 0.29) is 12.1 Å². The Bertz CT molecular complexity index is 751. The second-order valence-electron chi connectivity index (χ2n) is 6.18. The van der Waals surface area contributed by atoms with Gasteiger partial charge in [-0.05, 0) is 43.9 Å². The summed E-state index contributed by atoms with van der Waals surface area (Å²) in [7, 11) is -1.48. The monoisotopic (exact) mass is 350 g/mol. The Morgan fingerprint density at radius 2 is 1.96 bits per heavy atom. The van der Waals surface area contributed by atoms with Crippen LogP contribution in [0.15, 0.2) is 30.6 Å². The molecule has 0 radical (unpaired) electrons. The number of H-pyrrole nitrogens is 1. The van der Waals surface area contributed by atoms with Gasteiger partial charge in [-0.3, -0.25) is 10.1 Å². The van der Waals surface area contributed by atoms with Crippen molar-refractivity contribution < 1.29 is 13.2 Å². The molecule has 0 saturated heterocycles. The zero-order valence-electron chi connectivity index (χ0n) is 13.8. The van der Waals surface area contributed by atoms with Crippen LogP contribution in [0.2, 0.25) is 0 Å². The number of sulfonamides is 1. The maximum atomic E-state index is 11.6. The van der Waals surface area contributed by atoms with E-state index < -0.39 is 10.0 Å². The number of hydrogen-bond acceptors (Lipinski definition) is 5. The van der Waals surface area contributed by atoms with Gasteiger partial charge in [-0.1, -0.05) is 0 Å². The molecule has 24 heavy (non-hydrogen) atoms. The van der Waals surface area contributed by atoms with Gasteiger partial charge in [0, 0.05) is 19.3 Å². The number of nitrogens with zero attached hydrogens (tertiary/aromatic N) is 3. The van der Waals surface area contributed by atoms with Crippen LogP contribution in [0.3, 0.4) is 0 Å². The molecule has 0 unspecified atom stereocenters. The van der Waals surface area contributed by atoms with Crippen molar-refractivity contribution in [3.63, 3.8) is 0 Å². The summed E-state index contributed by atoms with van der Waals surface area (Å²) in [5, 5.41) is 6.78. The lowest BCUT2D eigenvalue weighted by Crippen LogP contribution is -2.40. The SMILES string of the molecule is CN(C1CCC(Oc2ccc(-c3ccn[nH]3)nc2)CC1)S(C)(=O)=O. The normalized spacial score (nSPS) is 21.8. The van der Waals surface area contributed by atoms with Gasteiger partial charge in [-0.15, -0.1) is 0 Å². The molecule has 1 N–H and O–H groups in total. The average Bonchev–Trinajstić information content (AvgIpc) is 3.09. The van der Waals surface area contributed by atoms with Crippen molar-refractivity contribution in [3.05, 3.63) is 30.6 Å². The highest BCUT2D eigenvalue weighted by Crippen LogP contribution is 2.27. The Kier molecular flexibility index (Phi) is 4.86. The molecule has 130 valence electrons. The van der Waals surface area contributed by atoms with Crippen LogP contribution in [0.4, 0.5) is 0 Å². The molecule has 1 aliphatic rings. The predicted molar refractivity (Wildman–Crippen MR) is 91.1 cm³/mol. The highest BCUT2D eigenvalue weighted by Gasteiger charge is 2.29. The minimum Gasteiger partial charge on any atom is -0.489 e. The van der Waals surface area contributed by atoms with E-state index in [1.807, 2.05) is 18.2 Å². The number of aromatic amines is 1. The summed E-state index contributed by atoms with van der Waals surface area (Å²) >= 11 is 0. The van der Waals surface area contributed by atoms with E-state index in [9.17, 15) is 8.42 Å². The fraction of sp³-hybridized carbons (Fsp3) is 0.500. The molecule has 1 fully saturated rings. The van der Waals surface area contributed by atoms with E-state index in [1.54, 1.807) is 19.4 Å². The van der Waals surface area contributed by atoms with Gasteiger partial charge in [0.2, 0.25) is 10.0 Å². The second kappa shape index (κ2) is 6.90.